The summed E-state index contributed by atoms with van der Waals surface area (Å²) in [5.41, 5.74) is 3.00. The van der Waals surface area contributed by atoms with Gasteiger partial charge in [-0.3, -0.25) is 9.59 Å². The molecule has 0 radical (unpaired) electrons. The Morgan fingerprint density at radius 1 is 1.10 bits per heavy atom. The molecule has 4 heteroatoms. The van der Waals surface area contributed by atoms with Crippen molar-refractivity contribution >= 4 is 27.2 Å². The van der Waals surface area contributed by atoms with E-state index < -0.39 is 0 Å². The van der Waals surface area contributed by atoms with Crippen LogP contribution < -0.4 is 9.48 Å². The Kier molecular flexibility index (Phi) is 7.36. The Labute approximate surface area is 175 Å². The number of unbranched alkanes of at least 4 members (excludes halogenated alkanes) is 2. The summed E-state index contributed by atoms with van der Waals surface area (Å²) < 4.78 is 6.55. The number of hydrogen-bond acceptors (Lipinski definition) is 4. The molecule has 3 aromatic rings. The molecule has 3 nitrogen and oxygen atoms in total. The average molecular weight is 407 g/mol. The van der Waals surface area contributed by atoms with Gasteiger partial charge in [0, 0.05) is 16.7 Å². The molecule has 0 unspecified atom stereocenters. The quantitative estimate of drug-likeness (QED) is 0.298. The van der Waals surface area contributed by atoms with Crippen LogP contribution in [0.1, 0.15) is 38.2 Å². The highest BCUT2D eigenvalue weighted by atomic mass is 32.1. The lowest BCUT2D eigenvalue weighted by Gasteiger charge is -2.08. The number of ether oxygens (including phenoxy) is 1. The van der Waals surface area contributed by atoms with E-state index in [0.717, 1.165) is 27.6 Å². The molecule has 0 aliphatic rings. The number of hydrogen-bond donors (Lipinski definition) is 0. The normalized spacial score (nSPS) is 10.8. The van der Waals surface area contributed by atoms with Crippen LogP contribution in [0.2, 0.25) is 0 Å². The first-order valence-electron chi connectivity index (χ1n) is 10.1. The van der Waals surface area contributed by atoms with Crippen molar-refractivity contribution < 1.29 is 9.53 Å². The van der Waals surface area contributed by atoms with E-state index in [1.54, 1.807) is 0 Å². The minimum atomic E-state index is -0.0449. The SMILES string of the molecule is C=CC(=O)CCOc1ccc2cc(-c3ccc(CCCCC)cc3)c(=O)sc2c1. The number of ketones is 1. The van der Waals surface area contributed by atoms with Crippen LogP contribution >= 0.6 is 11.3 Å². The lowest BCUT2D eigenvalue weighted by Crippen LogP contribution is -2.03. The van der Waals surface area contributed by atoms with Gasteiger partial charge in [0.2, 0.25) is 4.74 Å². The van der Waals surface area contributed by atoms with Gasteiger partial charge in [0.25, 0.3) is 0 Å². The highest BCUT2D eigenvalue weighted by Crippen LogP contribution is 2.27. The molecule has 2 aromatic carbocycles. The summed E-state index contributed by atoms with van der Waals surface area (Å²) in [6, 6.07) is 16.0. The molecule has 0 aliphatic heterocycles. The smallest absolute Gasteiger partial charge is 0.240 e. The van der Waals surface area contributed by atoms with E-state index >= 15 is 0 Å². The predicted molar refractivity (Wildman–Crippen MR) is 122 cm³/mol. The van der Waals surface area contributed by atoms with Gasteiger partial charge in [-0.2, -0.15) is 0 Å². The van der Waals surface area contributed by atoms with Crippen LogP contribution in [0.4, 0.5) is 0 Å². The highest BCUT2D eigenvalue weighted by Gasteiger charge is 2.08. The van der Waals surface area contributed by atoms with E-state index in [4.69, 9.17) is 4.74 Å². The van der Waals surface area contributed by atoms with Crippen molar-refractivity contribution in [1.29, 1.82) is 0 Å². The van der Waals surface area contributed by atoms with Crippen LogP contribution in [0.25, 0.3) is 21.2 Å². The van der Waals surface area contributed by atoms with E-state index in [2.05, 4.69) is 25.6 Å². The molecule has 3 rings (SSSR count). The summed E-state index contributed by atoms with van der Waals surface area (Å²) >= 11 is 1.22. The van der Waals surface area contributed by atoms with E-state index in [9.17, 15) is 9.59 Å². The minimum Gasteiger partial charge on any atom is -0.493 e. The zero-order chi connectivity index (χ0) is 20.6. The summed E-state index contributed by atoms with van der Waals surface area (Å²) in [5, 5.41) is 1.01. The Hall–Kier alpha value is -2.72. The molecule has 1 heterocycles. The Balaban J connectivity index is 1.77. The first kappa shape index (κ1) is 21.0. The summed E-state index contributed by atoms with van der Waals surface area (Å²) in [6.45, 7) is 5.96. The van der Waals surface area contributed by atoms with E-state index in [1.807, 2.05) is 36.4 Å². The van der Waals surface area contributed by atoms with Crippen LogP contribution in [-0.4, -0.2) is 12.4 Å². The largest absolute Gasteiger partial charge is 0.493 e. The van der Waals surface area contributed by atoms with E-state index in [1.165, 1.54) is 42.2 Å². The van der Waals surface area contributed by atoms with Crippen LogP contribution in [-0.2, 0) is 11.2 Å². The van der Waals surface area contributed by atoms with Crippen molar-refractivity contribution in [3.8, 4) is 16.9 Å². The zero-order valence-corrected chi connectivity index (χ0v) is 17.6. The fraction of sp³-hybridized carbons (Fsp3) is 0.280. The molecule has 0 aliphatic carbocycles. The number of benzene rings is 2. The Bertz CT molecular complexity index is 1050. The molecule has 0 N–H and O–H groups in total. The van der Waals surface area contributed by atoms with Crippen LogP contribution in [0.3, 0.4) is 0 Å². The maximum atomic E-state index is 12.7. The topological polar surface area (TPSA) is 43.4 Å². The lowest BCUT2D eigenvalue weighted by molar-refractivity contribution is -0.115. The molecular weight excluding hydrogens is 380 g/mol. The molecule has 29 heavy (non-hydrogen) atoms. The molecule has 0 saturated carbocycles. The van der Waals surface area contributed by atoms with Gasteiger partial charge in [0.15, 0.2) is 5.78 Å². The van der Waals surface area contributed by atoms with Gasteiger partial charge in [-0.05, 0) is 59.7 Å². The summed E-state index contributed by atoms with van der Waals surface area (Å²) in [5.74, 6) is 0.616. The lowest BCUT2D eigenvalue weighted by atomic mass is 10.0. The number of carbonyl (C=O) groups excluding carboxylic acids is 1. The highest BCUT2D eigenvalue weighted by molar-refractivity contribution is 7.16. The second kappa shape index (κ2) is 10.2. The fourth-order valence-corrected chi connectivity index (χ4v) is 4.09. The number of fused-ring (bicyclic) bond motifs is 1. The van der Waals surface area contributed by atoms with Gasteiger partial charge in [-0.25, -0.2) is 0 Å². The second-order valence-electron chi connectivity index (χ2n) is 7.07. The Morgan fingerprint density at radius 2 is 1.90 bits per heavy atom. The second-order valence-corrected chi connectivity index (χ2v) is 8.08. The average Bonchev–Trinajstić information content (AvgIpc) is 2.74. The molecule has 150 valence electrons. The fourth-order valence-electron chi connectivity index (χ4n) is 3.18. The van der Waals surface area contributed by atoms with E-state index in [-0.39, 0.29) is 10.5 Å². The van der Waals surface area contributed by atoms with Gasteiger partial charge in [0.05, 0.1) is 6.61 Å². The molecule has 0 fully saturated rings. The number of allylic oxidation sites excluding steroid dienone is 1. The van der Waals surface area contributed by atoms with Crippen molar-refractivity contribution in [3.05, 3.63) is 76.3 Å². The maximum Gasteiger partial charge on any atom is 0.240 e. The summed E-state index contributed by atoms with van der Waals surface area (Å²) in [6.07, 6.45) is 6.34. The maximum absolute atomic E-state index is 12.7. The molecule has 0 saturated heterocycles. The molecule has 0 spiro atoms. The van der Waals surface area contributed by atoms with Crippen LogP contribution in [0, 0.1) is 0 Å². The monoisotopic (exact) mass is 406 g/mol. The Morgan fingerprint density at radius 3 is 2.62 bits per heavy atom. The molecule has 1 aromatic heterocycles. The summed E-state index contributed by atoms with van der Waals surface area (Å²) in [7, 11) is 0. The van der Waals surface area contributed by atoms with Crippen LogP contribution in [0.5, 0.6) is 5.75 Å². The third-order valence-corrected chi connectivity index (χ3v) is 5.87. The first-order chi connectivity index (χ1) is 14.1. The number of carbonyl (C=O) groups is 1. The third kappa shape index (κ3) is 5.64. The standard InChI is InChI=1S/C25H26O3S/c1-3-5-6-7-18-8-10-19(11-9-18)23-16-20-12-13-22(17-24(20)29-25(23)27)28-15-14-21(26)4-2/h4,8-13,16-17H,2-3,5-7,14-15H2,1H3. The van der Waals surface area contributed by atoms with E-state index in [0.29, 0.717) is 18.8 Å². The first-order valence-corrected chi connectivity index (χ1v) is 10.9. The van der Waals surface area contributed by atoms with Crippen molar-refractivity contribution in [1.82, 2.24) is 0 Å². The minimum absolute atomic E-state index is 0.0372. The van der Waals surface area contributed by atoms with Gasteiger partial charge in [-0.15, -0.1) is 0 Å². The van der Waals surface area contributed by atoms with Gasteiger partial charge in [-0.1, -0.05) is 61.9 Å². The van der Waals surface area contributed by atoms with Gasteiger partial charge >= 0.3 is 0 Å². The molecule has 0 bridgehead atoms. The number of rotatable bonds is 10. The number of aryl methyl sites for hydroxylation is 1. The van der Waals surface area contributed by atoms with Crippen molar-refractivity contribution in [2.45, 2.75) is 39.0 Å². The van der Waals surface area contributed by atoms with Crippen molar-refractivity contribution in [2.75, 3.05) is 6.61 Å². The van der Waals surface area contributed by atoms with Gasteiger partial charge < -0.3 is 4.74 Å². The summed E-state index contributed by atoms with van der Waals surface area (Å²) in [4.78, 5) is 24.0. The predicted octanol–water partition coefficient (Wildman–Crippen LogP) is 6.19. The third-order valence-electron chi connectivity index (χ3n) is 4.89. The molecule has 0 amide bonds. The van der Waals surface area contributed by atoms with Crippen LogP contribution in [0.15, 0.2) is 66.0 Å². The van der Waals surface area contributed by atoms with Crippen molar-refractivity contribution in [2.24, 2.45) is 0 Å². The van der Waals surface area contributed by atoms with Crippen molar-refractivity contribution in [3.63, 3.8) is 0 Å². The molecule has 0 atom stereocenters. The zero-order valence-electron chi connectivity index (χ0n) is 16.8. The molecular formula is C25H26O3S. The van der Waals surface area contributed by atoms with Gasteiger partial charge in [0.1, 0.15) is 5.75 Å².